The standard InChI is InChI=1S/C37H32N8O7/c38-32(47)31-26(40-33(48)27-20-52-35(41-27)23-15-17-39-18-16-23)19-44(43-31)24-11-9-21(10-12-24)5-2-1-3-6-22-7-4-8-25-30(22)37(51)45(36(25)50)28-13-14-29(46)42-34(28)49/h4,7-12,15-20,28H,1-3,5-6,13-14H2,(H2,38,47)(H,40,48)(H,42,46,49). The largest absolute Gasteiger partial charge is 0.444 e. The topological polar surface area (TPSA) is 212 Å². The molecule has 262 valence electrons. The van der Waals surface area contributed by atoms with Crippen molar-refractivity contribution in [1.29, 1.82) is 0 Å². The molecule has 0 radical (unpaired) electrons. The molecule has 1 fully saturated rings. The number of carbonyl (C=O) groups is 6. The number of nitrogens with one attached hydrogen (secondary N) is 2. The second kappa shape index (κ2) is 14.2. The second-order valence-corrected chi connectivity index (χ2v) is 12.4. The fourth-order valence-corrected chi connectivity index (χ4v) is 6.40. The van der Waals surface area contributed by atoms with Crippen LogP contribution in [0.25, 0.3) is 17.1 Å². The molecular weight excluding hydrogens is 668 g/mol. The minimum atomic E-state index is -0.997. The zero-order valence-electron chi connectivity index (χ0n) is 27.7. The molecule has 4 N–H and O–H groups in total. The van der Waals surface area contributed by atoms with Crippen molar-refractivity contribution in [2.45, 2.75) is 51.0 Å². The van der Waals surface area contributed by atoms with Crippen LogP contribution in [0.5, 0.6) is 0 Å². The Bertz CT molecular complexity index is 2230. The number of pyridine rings is 1. The van der Waals surface area contributed by atoms with Crippen LogP contribution in [0.1, 0.15) is 84.9 Å². The third kappa shape index (κ3) is 6.70. The van der Waals surface area contributed by atoms with Gasteiger partial charge in [0.25, 0.3) is 23.6 Å². The summed E-state index contributed by atoms with van der Waals surface area (Å²) in [5.41, 5.74) is 9.33. The van der Waals surface area contributed by atoms with Gasteiger partial charge in [-0.1, -0.05) is 30.7 Å². The van der Waals surface area contributed by atoms with Gasteiger partial charge in [0.2, 0.25) is 17.7 Å². The summed E-state index contributed by atoms with van der Waals surface area (Å²) in [6.45, 7) is 0. The normalized spacial score (nSPS) is 15.5. The number of fused-ring (bicyclic) bond motifs is 1. The summed E-state index contributed by atoms with van der Waals surface area (Å²) in [5.74, 6) is -3.22. The number of carbonyl (C=O) groups excluding carboxylic acids is 6. The van der Waals surface area contributed by atoms with E-state index in [2.05, 4.69) is 25.7 Å². The third-order valence-electron chi connectivity index (χ3n) is 9.03. The van der Waals surface area contributed by atoms with Crippen LogP contribution in [0.2, 0.25) is 0 Å². The number of oxazole rings is 1. The van der Waals surface area contributed by atoms with E-state index in [9.17, 15) is 28.8 Å². The van der Waals surface area contributed by atoms with Gasteiger partial charge in [0.15, 0.2) is 11.4 Å². The Hall–Kier alpha value is -6.77. The highest BCUT2D eigenvalue weighted by Crippen LogP contribution is 2.31. The number of hydrogen-bond donors (Lipinski definition) is 3. The zero-order chi connectivity index (χ0) is 36.4. The van der Waals surface area contributed by atoms with E-state index in [-0.39, 0.29) is 41.4 Å². The van der Waals surface area contributed by atoms with Crippen molar-refractivity contribution in [2.75, 3.05) is 5.32 Å². The summed E-state index contributed by atoms with van der Waals surface area (Å²) >= 11 is 0. The number of aromatic nitrogens is 4. The molecule has 1 atom stereocenters. The average molecular weight is 701 g/mol. The third-order valence-corrected chi connectivity index (χ3v) is 9.03. The zero-order valence-corrected chi connectivity index (χ0v) is 27.7. The first-order valence-corrected chi connectivity index (χ1v) is 16.7. The molecule has 0 saturated carbocycles. The van der Waals surface area contributed by atoms with Crippen molar-refractivity contribution < 1.29 is 33.2 Å². The van der Waals surface area contributed by atoms with Crippen LogP contribution >= 0.6 is 0 Å². The minimum absolute atomic E-state index is 0.00651. The molecule has 0 spiro atoms. The molecular formula is C37H32N8O7. The van der Waals surface area contributed by atoms with Gasteiger partial charge in [-0.05, 0) is 73.6 Å². The Labute approximate surface area is 296 Å². The van der Waals surface area contributed by atoms with E-state index in [1.807, 2.05) is 30.3 Å². The molecule has 2 aromatic carbocycles. The van der Waals surface area contributed by atoms with E-state index in [1.54, 1.807) is 36.7 Å². The number of nitrogens with two attached hydrogens (primary N) is 1. The van der Waals surface area contributed by atoms with Crippen molar-refractivity contribution in [3.8, 4) is 17.1 Å². The van der Waals surface area contributed by atoms with Crippen LogP contribution in [0.15, 0.2) is 83.9 Å². The summed E-state index contributed by atoms with van der Waals surface area (Å²) in [7, 11) is 0. The van der Waals surface area contributed by atoms with Crippen LogP contribution in [0, 0.1) is 0 Å². The molecule has 1 unspecified atom stereocenters. The number of hydrogen-bond acceptors (Lipinski definition) is 10. The van der Waals surface area contributed by atoms with Crippen LogP contribution in [0.3, 0.4) is 0 Å². The monoisotopic (exact) mass is 700 g/mol. The van der Waals surface area contributed by atoms with Crippen LogP contribution in [-0.4, -0.2) is 66.1 Å². The van der Waals surface area contributed by atoms with Crippen molar-refractivity contribution in [3.05, 3.63) is 113 Å². The van der Waals surface area contributed by atoms with E-state index >= 15 is 0 Å². The second-order valence-electron chi connectivity index (χ2n) is 12.4. The molecule has 52 heavy (non-hydrogen) atoms. The number of nitrogens with zero attached hydrogens (tertiary/aromatic N) is 5. The van der Waals surface area contributed by atoms with Crippen LogP contribution in [-0.2, 0) is 22.4 Å². The van der Waals surface area contributed by atoms with Gasteiger partial charge in [-0.3, -0.25) is 44.0 Å². The molecule has 2 aliphatic heterocycles. The van der Waals surface area contributed by atoms with Crippen molar-refractivity contribution in [3.63, 3.8) is 0 Å². The number of aryl methyl sites for hydroxylation is 2. The Morgan fingerprint density at radius 2 is 1.71 bits per heavy atom. The molecule has 15 nitrogen and oxygen atoms in total. The average Bonchev–Trinajstić information content (AvgIpc) is 3.87. The van der Waals surface area contributed by atoms with Gasteiger partial charge in [0.1, 0.15) is 12.3 Å². The molecule has 2 aliphatic rings. The first-order valence-electron chi connectivity index (χ1n) is 16.7. The van der Waals surface area contributed by atoms with Gasteiger partial charge < -0.3 is 15.5 Å². The number of piperidine rings is 1. The maximum atomic E-state index is 13.3. The highest BCUT2D eigenvalue weighted by Gasteiger charge is 2.45. The fraction of sp³-hybridized carbons (Fsp3) is 0.216. The number of amides is 6. The van der Waals surface area contributed by atoms with Crippen molar-refractivity contribution >= 4 is 41.1 Å². The van der Waals surface area contributed by atoms with Crippen LogP contribution < -0.4 is 16.4 Å². The number of unbranched alkanes of at least 4 members (excludes halogenated alkanes) is 2. The number of imide groups is 2. The minimum Gasteiger partial charge on any atom is -0.444 e. The van der Waals surface area contributed by atoms with Gasteiger partial charge in [-0.2, -0.15) is 5.10 Å². The smallest absolute Gasteiger partial charge is 0.277 e. The predicted molar refractivity (Wildman–Crippen MR) is 184 cm³/mol. The lowest BCUT2D eigenvalue weighted by atomic mass is 9.97. The molecule has 6 amide bonds. The van der Waals surface area contributed by atoms with E-state index in [4.69, 9.17) is 10.2 Å². The Morgan fingerprint density at radius 1 is 0.942 bits per heavy atom. The molecule has 1 saturated heterocycles. The molecule has 5 aromatic rings. The van der Waals surface area contributed by atoms with E-state index in [0.29, 0.717) is 23.2 Å². The predicted octanol–water partition coefficient (Wildman–Crippen LogP) is 3.63. The maximum absolute atomic E-state index is 13.3. The SMILES string of the molecule is NC(=O)c1nn(-c2ccc(CCCCCc3cccc4c3C(=O)N(C3CCC(=O)NC3=O)C4=O)cc2)cc1NC(=O)c1coc(-c2ccncc2)n1. The highest BCUT2D eigenvalue weighted by molar-refractivity contribution is 6.24. The maximum Gasteiger partial charge on any atom is 0.277 e. The lowest BCUT2D eigenvalue weighted by Gasteiger charge is -2.27. The van der Waals surface area contributed by atoms with Crippen molar-refractivity contribution in [2.24, 2.45) is 5.73 Å². The van der Waals surface area contributed by atoms with Gasteiger partial charge >= 0.3 is 0 Å². The quantitative estimate of drug-likeness (QED) is 0.127. The van der Waals surface area contributed by atoms with Crippen molar-refractivity contribution in [1.82, 2.24) is 30.0 Å². The number of rotatable bonds is 12. The molecule has 3 aromatic heterocycles. The van der Waals surface area contributed by atoms with E-state index < -0.39 is 41.5 Å². The molecule has 5 heterocycles. The highest BCUT2D eigenvalue weighted by atomic mass is 16.3. The summed E-state index contributed by atoms with van der Waals surface area (Å²) < 4.78 is 6.88. The molecule has 15 heteroatoms. The number of primary amides is 1. The summed E-state index contributed by atoms with van der Waals surface area (Å²) in [4.78, 5) is 84.7. The van der Waals surface area contributed by atoms with Gasteiger partial charge in [0.05, 0.1) is 28.7 Å². The summed E-state index contributed by atoms with van der Waals surface area (Å²) in [5, 5.41) is 9.15. The van der Waals surface area contributed by atoms with E-state index in [1.165, 1.54) is 17.1 Å². The molecule has 0 aliphatic carbocycles. The Kier molecular flexibility index (Phi) is 9.22. The lowest BCUT2D eigenvalue weighted by Crippen LogP contribution is -2.54. The summed E-state index contributed by atoms with van der Waals surface area (Å²) in [6, 6.07) is 15.2. The lowest BCUT2D eigenvalue weighted by molar-refractivity contribution is -0.136. The van der Waals surface area contributed by atoms with Gasteiger partial charge in [-0.25, -0.2) is 9.67 Å². The van der Waals surface area contributed by atoms with Gasteiger partial charge in [0, 0.05) is 24.4 Å². The Morgan fingerprint density at radius 3 is 2.46 bits per heavy atom. The van der Waals surface area contributed by atoms with E-state index in [0.717, 1.165) is 41.7 Å². The molecule has 0 bridgehead atoms. The number of anilines is 1. The Balaban J connectivity index is 0.934. The number of benzene rings is 2. The first kappa shape index (κ1) is 33.7. The van der Waals surface area contributed by atoms with Gasteiger partial charge in [-0.15, -0.1) is 0 Å². The summed E-state index contributed by atoms with van der Waals surface area (Å²) in [6.07, 6.45) is 9.96. The first-order chi connectivity index (χ1) is 25.2. The fourth-order valence-electron chi connectivity index (χ4n) is 6.40. The molecule has 7 rings (SSSR count). The van der Waals surface area contributed by atoms with Crippen LogP contribution in [0.4, 0.5) is 5.69 Å².